The molecule has 6 nitrogen and oxygen atoms in total. The lowest BCUT2D eigenvalue weighted by Crippen LogP contribution is -2.26. The maximum absolute atomic E-state index is 13.7. The first-order valence-electron chi connectivity index (χ1n) is 8.37. The van der Waals surface area contributed by atoms with Crippen LogP contribution in [0, 0.1) is 17.7 Å². The molecule has 1 aliphatic heterocycles. The van der Waals surface area contributed by atoms with Crippen molar-refractivity contribution >= 4 is 34.5 Å². The van der Waals surface area contributed by atoms with Crippen LogP contribution in [0.1, 0.15) is 21.7 Å². The van der Waals surface area contributed by atoms with E-state index in [9.17, 15) is 22.8 Å². The summed E-state index contributed by atoms with van der Waals surface area (Å²) in [6.07, 6.45) is -1.79. The Bertz CT molecular complexity index is 1020. The zero-order valence-electron chi connectivity index (χ0n) is 14.7. The van der Waals surface area contributed by atoms with Crippen molar-refractivity contribution in [3.8, 4) is 11.8 Å². The quantitative estimate of drug-likeness (QED) is 0.731. The van der Waals surface area contributed by atoms with Gasteiger partial charge in [-0.25, -0.2) is 13.2 Å². The number of aromatic nitrogens is 1. The molecule has 1 fully saturated rings. The largest absolute Gasteiger partial charge is 0.342 e. The van der Waals surface area contributed by atoms with Crippen molar-refractivity contribution in [1.29, 1.82) is 0 Å². The number of hydrogen-bond acceptors (Lipinski definition) is 5. The Morgan fingerprint density at radius 2 is 2.10 bits per heavy atom. The molecule has 0 atom stereocenters. The molecule has 1 saturated heterocycles. The van der Waals surface area contributed by atoms with Gasteiger partial charge in [-0.3, -0.25) is 9.59 Å². The summed E-state index contributed by atoms with van der Waals surface area (Å²) in [7, 11) is 0. The smallest absolute Gasteiger partial charge is 0.286 e. The molecular weight excluding hydrogens is 433 g/mol. The van der Waals surface area contributed by atoms with Crippen LogP contribution in [0.15, 0.2) is 23.1 Å². The number of halogens is 4. The number of ether oxygens (including phenoxy) is 2. The first-order valence-corrected chi connectivity index (χ1v) is 9.56. The van der Waals surface area contributed by atoms with Crippen molar-refractivity contribution in [3.63, 3.8) is 0 Å². The Kier molecular flexibility index (Phi) is 6.97. The molecule has 1 N–H and O–H groups in total. The average Bonchev–Trinajstić information content (AvgIpc) is 3.05. The van der Waals surface area contributed by atoms with Crippen molar-refractivity contribution in [2.45, 2.75) is 25.7 Å². The Morgan fingerprint density at radius 1 is 1.38 bits per heavy atom. The lowest BCUT2D eigenvalue weighted by atomic mass is 10.3. The molecule has 0 aromatic carbocycles. The highest BCUT2D eigenvalue weighted by molar-refractivity contribution is 7.18. The van der Waals surface area contributed by atoms with Crippen LogP contribution < -0.4 is 10.9 Å². The van der Waals surface area contributed by atoms with Crippen LogP contribution in [-0.2, 0) is 16.0 Å². The second-order valence-electron chi connectivity index (χ2n) is 5.87. The SMILES string of the molecule is O=C(Nc1cc(F)c(=O)n(CC(F)F)c1)c1cc(C#CC2OCCCO2)c(Cl)s1. The molecule has 0 radical (unpaired) electrons. The number of amides is 1. The van der Waals surface area contributed by atoms with Crippen molar-refractivity contribution in [3.05, 3.63) is 49.3 Å². The fraction of sp³-hybridized carbons (Fsp3) is 0.333. The fourth-order valence-electron chi connectivity index (χ4n) is 2.42. The first kappa shape index (κ1) is 21.4. The molecule has 0 unspecified atom stereocenters. The molecule has 29 heavy (non-hydrogen) atoms. The predicted octanol–water partition coefficient (Wildman–Crippen LogP) is 3.33. The fourth-order valence-corrected chi connectivity index (χ4v) is 3.50. The third kappa shape index (κ3) is 5.61. The third-order valence-corrected chi connectivity index (χ3v) is 5.05. The maximum atomic E-state index is 13.7. The van der Waals surface area contributed by atoms with Gasteiger partial charge in [-0.15, -0.1) is 11.3 Å². The van der Waals surface area contributed by atoms with Gasteiger partial charge in [0.25, 0.3) is 17.9 Å². The minimum Gasteiger partial charge on any atom is -0.342 e. The summed E-state index contributed by atoms with van der Waals surface area (Å²) in [6, 6.07) is 2.19. The lowest BCUT2D eigenvalue weighted by molar-refractivity contribution is -0.144. The first-order chi connectivity index (χ1) is 13.8. The molecule has 1 aliphatic rings. The highest BCUT2D eigenvalue weighted by atomic mass is 35.5. The average molecular weight is 447 g/mol. The number of alkyl halides is 2. The monoisotopic (exact) mass is 446 g/mol. The number of carbonyl (C=O) groups excluding carboxylic acids is 1. The highest BCUT2D eigenvalue weighted by Crippen LogP contribution is 2.28. The standard InChI is InChI=1S/C18H14ClF3N2O4S/c19-16-10(2-3-15-27-4-1-5-28-15)6-13(29-16)17(25)23-11-7-12(20)18(26)24(8-11)9-14(21)22/h6-8,14-15H,1,4-5,9H2,(H,23,25). The van der Waals surface area contributed by atoms with Crippen molar-refractivity contribution < 1.29 is 27.4 Å². The molecule has 0 aliphatic carbocycles. The molecule has 0 spiro atoms. The van der Waals surface area contributed by atoms with Gasteiger partial charge in [0.15, 0.2) is 5.82 Å². The van der Waals surface area contributed by atoms with Gasteiger partial charge in [0.1, 0.15) is 4.34 Å². The molecule has 0 saturated carbocycles. The number of anilines is 1. The van der Waals surface area contributed by atoms with Crippen LogP contribution in [0.5, 0.6) is 0 Å². The second kappa shape index (κ2) is 9.45. The lowest BCUT2D eigenvalue weighted by Gasteiger charge is -2.17. The van der Waals surface area contributed by atoms with Gasteiger partial charge in [0.2, 0.25) is 6.29 Å². The van der Waals surface area contributed by atoms with E-state index < -0.39 is 36.5 Å². The van der Waals surface area contributed by atoms with E-state index in [2.05, 4.69) is 17.2 Å². The summed E-state index contributed by atoms with van der Waals surface area (Å²) in [4.78, 5) is 24.1. The normalized spacial score (nSPS) is 14.5. The van der Waals surface area contributed by atoms with Gasteiger partial charge in [-0.1, -0.05) is 17.5 Å². The minimum absolute atomic E-state index is 0.145. The van der Waals surface area contributed by atoms with Crippen LogP contribution in [0.2, 0.25) is 4.34 Å². The number of rotatable bonds is 4. The van der Waals surface area contributed by atoms with E-state index in [1.807, 2.05) is 0 Å². The molecule has 2 aromatic heterocycles. The summed E-state index contributed by atoms with van der Waals surface area (Å²) >= 11 is 7.04. The van der Waals surface area contributed by atoms with Crippen LogP contribution in [0.4, 0.5) is 18.9 Å². The van der Waals surface area contributed by atoms with Gasteiger partial charge in [0.05, 0.1) is 35.9 Å². The van der Waals surface area contributed by atoms with Crippen molar-refractivity contribution in [1.82, 2.24) is 4.57 Å². The zero-order chi connectivity index (χ0) is 21.0. The number of nitrogens with zero attached hydrogens (tertiary/aromatic N) is 1. The second-order valence-corrected chi connectivity index (χ2v) is 7.53. The van der Waals surface area contributed by atoms with Crippen molar-refractivity contribution in [2.75, 3.05) is 18.5 Å². The molecule has 3 rings (SSSR count). The summed E-state index contributed by atoms with van der Waals surface area (Å²) in [5.41, 5.74) is -0.963. The minimum atomic E-state index is -2.85. The number of pyridine rings is 1. The Labute approximate surface area is 172 Å². The van der Waals surface area contributed by atoms with Gasteiger partial charge in [-0.2, -0.15) is 0 Å². The van der Waals surface area contributed by atoms with Crippen LogP contribution >= 0.6 is 22.9 Å². The van der Waals surface area contributed by atoms with E-state index in [0.29, 0.717) is 23.3 Å². The van der Waals surface area contributed by atoms with Gasteiger partial charge in [-0.05, 0) is 18.4 Å². The van der Waals surface area contributed by atoms with Crippen molar-refractivity contribution in [2.24, 2.45) is 0 Å². The topological polar surface area (TPSA) is 69.6 Å². The van der Waals surface area contributed by atoms with Crippen LogP contribution in [-0.4, -0.2) is 36.4 Å². The summed E-state index contributed by atoms with van der Waals surface area (Å²) in [5, 5.41) is 2.36. The van der Waals surface area contributed by atoms with E-state index >= 15 is 0 Å². The number of carbonyl (C=O) groups is 1. The van der Waals surface area contributed by atoms with E-state index in [-0.39, 0.29) is 14.9 Å². The number of hydrogen-bond donors (Lipinski definition) is 1. The third-order valence-electron chi connectivity index (χ3n) is 3.70. The highest BCUT2D eigenvalue weighted by Gasteiger charge is 2.16. The van der Waals surface area contributed by atoms with E-state index in [0.717, 1.165) is 30.0 Å². The molecule has 0 bridgehead atoms. The van der Waals surface area contributed by atoms with E-state index in [4.69, 9.17) is 21.1 Å². The van der Waals surface area contributed by atoms with Gasteiger partial charge < -0.3 is 19.4 Å². The summed E-state index contributed by atoms with van der Waals surface area (Å²) in [5.74, 6) is 3.62. The molecule has 154 valence electrons. The molecule has 11 heteroatoms. The number of thiophene rings is 1. The maximum Gasteiger partial charge on any atom is 0.286 e. The molecule has 1 amide bonds. The number of nitrogens with one attached hydrogen (secondary N) is 1. The molecule has 3 heterocycles. The van der Waals surface area contributed by atoms with Gasteiger partial charge >= 0.3 is 0 Å². The Balaban J connectivity index is 1.75. The van der Waals surface area contributed by atoms with E-state index in [1.165, 1.54) is 6.07 Å². The zero-order valence-corrected chi connectivity index (χ0v) is 16.3. The summed E-state index contributed by atoms with van der Waals surface area (Å²) < 4.78 is 50.1. The van der Waals surface area contributed by atoms with Gasteiger partial charge in [0, 0.05) is 12.3 Å². The van der Waals surface area contributed by atoms with Crippen LogP contribution in [0.3, 0.4) is 0 Å². The predicted molar refractivity (Wildman–Crippen MR) is 101 cm³/mol. The van der Waals surface area contributed by atoms with Crippen LogP contribution in [0.25, 0.3) is 0 Å². The Morgan fingerprint density at radius 3 is 2.79 bits per heavy atom. The molecule has 2 aromatic rings. The van der Waals surface area contributed by atoms with E-state index in [1.54, 1.807) is 0 Å². The summed E-state index contributed by atoms with van der Waals surface area (Å²) in [6.45, 7) is 0.0820. The Hall–Kier alpha value is -2.32. The molecular formula is C18H14ClF3N2O4S.